The second-order valence-electron chi connectivity index (χ2n) is 2.82. The van der Waals surface area contributed by atoms with Crippen LogP contribution in [0.25, 0.3) is 0 Å². The lowest BCUT2D eigenvalue weighted by Gasteiger charge is -2.02. The Balaban J connectivity index is 3.02. The molecule has 0 amide bonds. The third-order valence-corrected chi connectivity index (χ3v) is 1.90. The fourth-order valence-electron chi connectivity index (χ4n) is 1.30. The summed E-state index contributed by atoms with van der Waals surface area (Å²) in [5.74, 6) is 0.459. The van der Waals surface area contributed by atoms with E-state index in [9.17, 15) is 0 Å². The molecule has 0 unspecified atom stereocenters. The van der Waals surface area contributed by atoms with E-state index in [1.165, 1.54) is 0 Å². The molecular formula is C8H16N4. The molecule has 68 valence electrons. The second-order valence-corrected chi connectivity index (χ2v) is 2.82. The van der Waals surface area contributed by atoms with Gasteiger partial charge in [-0.1, -0.05) is 13.8 Å². The quantitative estimate of drug-likeness (QED) is 0.708. The normalized spacial score (nSPS) is 10.5. The van der Waals surface area contributed by atoms with Crippen molar-refractivity contribution in [2.24, 2.45) is 0 Å². The average Bonchev–Trinajstić information content (AvgIpc) is 2.29. The summed E-state index contributed by atoms with van der Waals surface area (Å²) in [6, 6.07) is 0. The van der Waals surface area contributed by atoms with Crippen molar-refractivity contribution in [2.45, 2.75) is 33.2 Å². The van der Waals surface area contributed by atoms with E-state index in [1.807, 2.05) is 4.68 Å². The number of nitrogens with two attached hydrogens (primary N) is 2. The highest BCUT2D eigenvalue weighted by Gasteiger charge is 2.09. The summed E-state index contributed by atoms with van der Waals surface area (Å²) < 4.78 is 1.89. The molecule has 4 heteroatoms. The molecule has 0 aliphatic carbocycles. The number of hydrogen-bond acceptors (Lipinski definition) is 3. The zero-order valence-corrected chi connectivity index (χ0v) is 7.67. The molecule has 4 nitrogen and oxygen atoms in total. The van der Waals surface area contributed by atoms with Gasteiger partial charge in [-0.15, -0.1) is 0 Å². The third kappa shape index (κ3) is 1.37. The van der Waals surface area contributed by atoms with Gasteiger partial charge in [0.1, 0.15) is 0 Å². The smallest absolute Gasteiger partial charge is 0.169 e. The van der Waals surface area contributed by atoms with Gasteiger partial charge in [0.2, 0.25) is 0 Å². The number of aromatic nitrogens is 2. The van der Waals surface area contributed by atoms with Crippen LogP contribution in [-0.4, -0.2) is 9.78 Å². The molecule has 0 saturated heterocycles. The maximum absolute atomic E-state index is 5.74. The predicted octanol–water partition coefficient (Wildman–Crippen LogP) is 1.02. The molecule has 12 heavy (non-hydrogen) atoms. The van der Waals surface area contributed by atoms with Crippen LogP contribution in [0.1, 0.15) is 26.0 Å². The van der Waals surface area contributed by atoms with Gasteiger partial charge in [0, 0.05) is 6.54 Å². The van der Waals surface area contributed by atoms with Crippen LogP contribution >= 0.6 is 0 Å². The first-order valence-electron chi connectivity index (χ1n) is 4.31. The monoisotopic (exact) mass is 168 g/mol. The lowest BCUT2D eigenvalue weighted by molar-refractivity contribution is 0.580. The van der Waals surface area contributed by atoms with Crippen molar-refractivity contribution in [2.75, 3.05) is 11.5 Å². The molecule has 0 aromatic carbocycles. The summed E-state index contributed by atoms with van der Waals surface area (Å²) >= 11 is 0. The van der Waals surface area contributed by atoms with Crippen LogP contribution in [0.3, 0.4) is 0 Å². The summed E-state index contributed by atoms with van der Waals surface area (Å²) in [6.45, 7) is 5.05. The third-order valence-electron chi connectivity index (χ3n) is 1.90. The van der Waals surface area contributed by atoms with Crippen molar-refractivity contribution >= 4 is 11.5 Å². The zero-order valence-electron chi connectivity index (χ0n) is 7.67. The van der Waals surface area contributed by atoms with Crippen LogP contribution in [0.2, 0.25) is 0 Å². The fourth-order valence-corrected chi connectivity index (χ4v) is 1.30. The average molecular weight is 168 g/mol. The molecule has 0 spiro atoms. The van der Waals surface area contributed by atoms with Gasteiger partial charge in [0.05, 0.1) is 11.4 Å². The van der Waals surface area contributed by atoms with Gasteiger partial charge in [0.15, 0.2) is 5.82 Å². The summed E-state index contributed by atoms with van der Waals surface area (Å²) in [5.41, 5.74) is 13.0. The highest BCUT2D eigenvalue weighted by Crippen LogP contribution is 2.19. The lowest BCUT2D eigenvalue weighted by atomic mass is 10.3. The summed E-state index contributed by atoms with van der Waals surface area (Å²) in [5, 5.41) is 4.14. The van der Waals surface area contributed by atoms with E-state index in [1.54, 1.807) is 0 Å². The number of rotatable bonds is 3. The Morgan fingerprint density at radius 2 is 2.00 bits per heavy atom. The minimum atomic E-state index is 0.459. The van der Waals surface area contributed by atoms with E-state index in [0.29, 0.717) is 11.5 Å². The SMILES string of the molecule is CCCn1nc(N)c(N)c1CC. The molecule has 0 atom stereocenters. The predicted molar refractivity (Wildman–Crippen MR) is 50.7 cm³/mol. The number of anilines is 2. The number of nitrogen functional groups attached to an aromatic ring is 2. The molecule has 4 N–H and O–H groups in total. The Hall–Kier alpha value is -1.19. The summed E-state index contributed by atoms with van der Waals surface area (Å²) in [6.07, 6.45) is 1.93. The summed E-state index contributed by atoms with van der Waals surface area (Å²) in [4.78, 5) is 0. The molecule has 0 saturated carbocycles. The van der Waals surface area contributed by atoms with Crippen molar-refractivity contribution in [3.8, 4) is 0 Å². The van der Waals surface area contributed by atoms with Gasteiger partial charge >= 0.3 is 0 Å². The van der Waals surface area contributed by atoms with Gasteiger partial charge < -0.3 is 11.5 Å². The van der Waals surface area contributed by atoms with Crippen molar-refractivity contribution in [3.63, 3.8) is 0 Å². The second kappa shape index (κ2) is 3.47. The largest absolute Gasteiger partial charge is 0.394 e. The number of nitrogens with zero attached hydrogens (tertiary/aromatic N) is 2. The van der Waals surface area contributed by atoms with Crippen LogP contribution in [-0.2, 0) is 13.0 Å². The Bertz CT molecular complexity index is 264. The van der Waals surface area contributed by atoms with E-state index < -0.39 is 0 Å². The standard InChI is InChI=1S/C8H16N4/c1-3-5-12-6(4-2)7(9)8(10)11-12/h3-5,9H2,1-2H3,(H2,10,11). The molecule has 0 aliphatic heterocycles. The number of aryl methyl sites for hydroxylation is 1. The molecule has 0 fully saturated rings. The van der Waals surface area contributed by atoms with Gasteiger partial charge in [-0.2, -0.15) is 5.10 Å². The molecule has 1 aromatic heterocycles. The van der Waals surface area contributed by atoms with Crippen molar-refractivity contribution in [3.05, 3.63) is 5.69 Å². The van der Waals surface area contributed by atoms with Crippen molar-refractivity contribution in [1.82, 2.24) is 9.78 Å². The van der Waals surface area contributed by atoms with E-state index in [-0.39, 0.29) is 0 Å². The van der Waals surface area contributed by atoms with Gasteiger partial charge in [-0.3, -0.25) is 4.68 Å². The Labute approximate surface area is 72.5 Å². The highest BCUT2D eigenvalue weighted by molar-refractivity contribution is 5.61. The Kier molecular flexibility index (Phi) is 2.58. The van der Waals surface area contributed by atoms with Crippen LogP contribution < -0.4 is 11.5 Å². The van der Waals surface area contributed by atoms with Gasteiger partial charge in [-0.05, 0) is 12.8 Å². The molecule has 1 rings (SSSR count). The first-order valence-corrected chi connectivity index (χ1v) is 4.31. The highest BCUT2D eigenvalue weighted by atomic mass is 15.3. The van der Waals surface area contributed by atoms with Crippen LogP contribution in [0.5, 0.6) is 0 Å². The van der Waals surface area contributed by atoms with E-state index in [4.69, 9.17) is 11.5 Å². The Morgan fingerprint density at radius 1 is 1.33 bits per heavy atom. The molecular weight excluding hydrogens is 152 g/mol. The molecule has 1 aromatic rings. The topological polar surface area (TPSA) is 69.9 Å². The first-order chi connectivity index (χ1) is 5.70. The van der Waals surface area contributed by atoms with E-state index in [2.05, 4.69) is 18.9 Å². The van der Waals surface area contributed by atoms with Crippen LogP contribution in [0.4, 0.5) is 11.5 Å². The van der Waals surface area contributed by atoms with Crippen LogP contribution in [0, 0.1) is 0 Å². The zero-order chi connectivity index (χ0) is 9.14. The fraction of sp³-hybridized carbons (Fsp3) is 0.625. The van der Waals surface area contributed by atoms with Gasteiger partial charge in [0.25, 0.3) is 0 Å². The molecule has 1 heterocycles. The summed E-state index contributed by atoms with van der Waals surface area (Å²) in [7, 11) is 0. The van der Waals surface area contributed by atoms with E-state index in [0.717, 1.165) is 25.1 Å². The molecule has 0 aliphatic rings. The van der Waals surface area contributed by atoms with Crippen molar-refractivity contribution < 1.29 is 0 Å². The number of hydrogen-bond donors (Lipinski definition) is 2. The van der Waals surface area contributed by atoms with Crippen molar-refractivity contribution in [1.29, 1.82) is 0 Å². The maximum Gasteiger partial charge on any atom is 0.169 e. The Morgan fingerprint density at radius 3 is 2.50 bits per heavy atom. The first kappa shape index (κ1) is 8.90. The van der Waals surface area contributed by atoms with Gasteiger partial charge in [-0.25, -0.2) is 0 Å². The maximum atomic E-state index is 5.74. The van der Waals surface area contributed by atoms with E-state index >= 15 is 0 Å². The molecule has 0 bridgehead atoms. The minimum absolute atomic E-state index is 0.459. The minimum Gasteiger partial charge on any atom is -0.394 e. The lowest BCUT2D eigenvalue weighted by Crippen LogP contribution is -2.04. The molecule has 0 radical (unpaired) electrons. The van der Waals surface area contributed by atoms with Crippen LogP contribution in [0.15, 0.2) is 0 Å².